The van der Waals surface area contributed by atoms with Crippen LogP contribution in [0.1, 0.15) is 52.9 Å². The van der Waals surface area contributed by atoms with Crippen molar-refractivity contribution in [1.82, 2.24) is 4.90 Å². The third kappa shape index (κ3) is 3.31. The molecule has 0 radical (unpaired) electrons. The summed E-state index contributed by atoms with van der Waals surface area (Å²) in [6, 6.07) is 0. The Bertz CT molecular complexity index is 329. The van der Waals surface area contributed by atoms with Gasteiger partial charge >= 0.3 is 5.97 Å². The van der Waals surface area contributed by atoms with E-state index in [1.165, 1.54) is 12.8 Å². The van der Waals surface area contributed by atoms with Gasteiger partial charge in [0, 0.05) is 13.1 Å². The lowest BCUT2D eigenvalue weighted by Crippen LogP contribution is -2.45. The lowest BCUT2D eigenvalue weighted by Gasteiger charge is -2.39. The number of hydrogen-bond donors (Lipinski definition) is 1. The number of carbonyl (C=O) groups is 1. The summed E-state index contributed by atoms with van der Waals surface area (Å²) in [4.78, 5) is 14.2. The van der Waals surface area contributed by atoms with Crippen LogP contribution in [0.5, 0.6) is 0 Å². The van der Waals surface area contributed by atoms with Gasteiger partial charge < -0.3 is 10.0 Å². The highest BCUT2D eigenvalue weighted by Crippen LogP contribution is 2.41. The lowest BCUT2D eigenvalue weighted by atomic mass is 9.69. The van der Waals surface area contributed by atoms with Crippen molar-refractivity contribution in [1.29, 1.82) is 0 Å². The molecule has 19 heavy (non-hydrogen) atoms. The molecule has 1 heterocycles. The lowest BCUT2D eigenvalue weighted by molar-refractivity contribution is -0.153. The fraction of sp³-hybridized carbons (Fsp3) is 0.938. The normalized spacial score (nSPS) is 36.8. The molecule has 1 N–H and O–H groups in total. The minimum absolute atomic E-state index is 0.469. The third-order valence-corrected chi connectivity index (χ3v) is 5.32. The zero-order valence-electron chi connectivity index (χ0n) is 12.7. The summed E-state index contributed by atoms with van der Waals surface area (Å²) in [5.41, 5.74) is -0.469. The Hall–Kier alpha value is -0.570. The van der Waals surface area contributed by atoms with Crippen molar-refractivity contribution < 1.29 is 9.90 Å². The maximum atomic E-state index is 11.8. The summed E-state index contributed by atoms with van der Waals surface area (Å²) >= 11 is 0. The average Bonchev–Trinajstić information content (AvgIpc) is 2.77. The molecular formula is C16H29NO2. The Balaban J connectivity index is 2.00. The predicted octanol–water partition coefficient (Wildman–Crippen LogP) is 3.25. The van der Waals surface area contributed by atoms with Crippen LogP contribution in [-0.2, 0) is 4.79 Å². The van der Waals surface area contributed by atoms with E-state index in [0.29, 0.717) is 5.92 Å². The molecule has 0 aromatic heterocycles. The van der Waals surface area contributed by atoms with E-state index < -0.39 is 11.4 Å². The Labute approximate surface area is 117 Å². The SMILES string of the molecule is CC1CCCC(CN2CCC(C(C)C)C2)(C(=O)O)C1. The van der Waals surface area contributed by atoms with E-state index in [4.69, 9.17) is 0 Å². The number of aliphatic carboxylic acids is 1. The Kier molecular flexibility index (Phi) is 4.54. The molecule has 1 saturated carbocycles. The van der Waals surface area contributed by atoms with Gasteiger partial charge in [-0.3, -0.25) is 4.79 Å². The number of rotatable bonds is 4. The second kappa shape index (κ2) is 5.82. The first-order valence-corrected chi connectivity index (χ1v) is 7.89. The molecule has 0 amide bonds. The number of nitrogens with zero attached hydrogens (tertiary/aromatic N) is 1. The van der Waals surface area contributed by atoms with Gasteiger partial charge in [0.25, 0.3) is 0 Å². The molecule has 0 bridgehead atoms. The molecule has 3 unspecified atom stereocenters. The van der Waals surface area contributed by atoms with Gasteiger partial charge in [0.2, 0.25) is 0 Å². The summed E-state index contributed by atoms with van der Waals surface area (Å²) in [5.74, 6) is 1.48. The molecule has 3 nitrogen and oxygen atoms in total. The van der Waals surface area contributed by atoms with E-state index in [1.807, 2.05) is 0 Å². The number of hydrogen-bond acceptors (Lipinski definition) is 2. The van der Waals surface area contributed by atoms with Gasteiger partial charge in [-0.1, -0.05) is 33.6 Å². The van der Waals surface area contributed by atoms with Gasteiger partial charge in [-0.15, -0.1) is 0 Å². The second-order valence-electron chi connectivity index (χ2n) is 7.31. The Morgan fingerprint density at radius 1 is 1.42 bits per heavy atom. The number of carboxylic acid groups (broad SMARTS) is 1. The minimum atomic E-state index is -0.563. The van der Waals surface area contributed by atoms with Crippen molar-refractivity contribution in [3.05, 3.63) is 0 Å². The molecule has 110 valence electrons. The van der Waals surface area contributed by atoms with Crippen molar-refractivity contribution in [2.45, 2.75) is 52.9 Å². The van der Waals surface area contributed by atoms with Crippen LogP contribution < -0.4 is 0 Å². The van der Waals surface area contributed by atoms with Crippen LogP contribution in [0.4, 0.5) is 0 Å². The monoisotopic (exact) mass is 267 g/mol. The van der Waals surface area contributed by atoms with E-state index >= 15 is 0 Å². The van der Waals surface area contributed by atoms with Crippen LogP contribution in [0.15, 0.2) is 0 Å². The maximum Gasteiger partial charge on any atom is 0.310 e. The molecule has 1 aliphatic heterocycles. The average molecular weight is 267 g/mol. The topological polar surface area (TPSA) is 40.5 Å². The molecule has 3 heteroatoms. The largest absolute Gasteiger partial charge is 0.481 e. The number of likely N-dealkylation sites (tertiary alicyclic amines) is 1. The summed E-state index contributed by atoms with van der Waals surface area (Å²) in [6.45, 7) is 9.73. The maximum absolute atomic E-state index is 11.8. The molecule has 3 atom stereocenters. The zero-order chi connectivity index (χ0) is 14.0. The van der Waals surface area contributed by atoms with Gasteiger partial charge in [-0.25, -0.2) is 0 Å². The van der Waals surface area contributed by atoms with Gasteiger partial charge in [-0.05, 0) is 43.6 Å². The predicted molar refractivity (Wildman–Crippen MR) is 77.1 cm³/mol. The van der Waals surface area contributed by atoms with Gasteiger partial charge in [-0.2, -0.15) is 0 Å². The summed E-state index contributed by atoms with van der Waals surface area (Å²) in [5, 5.41) is 9.72. The molecule has 0 aromatic rings. The molecule has 1 aliphatic carbocycles. The third-order valence-electron chi connectivity index (χ3n) is 5.32. The number of carboxylic acids is 1. The zero-order valence-corrected chi connectivity index (χ0v) is 12.7. The van der Waals surface area contributed by atoms with Crippen molar-refractivity contribution in [3.8, 4) is 0 Å². The fourth-order valence-electron chi connectivity index (χ4n) is 4.04. The molecule has 2 fully saturated rings. The van der Waals surface area contributed by atoms with E-state index in [1.54, 1.807) is 0 Å². The van der Waals surface area contributed by atoms with E-state index in [9.17, 15) is 9.90 Å². The fourth-order valence-corrected chi connectivity index (χ4v) is 4.04. The highest BCUT2D eigenvalue weighted by Gasteiger charge is 2.44. The smallest absolute Gasteiger partial charge is 0.310 e. The van der Waals surface area contributed by atoms with Crippen molar-refractivity contribution in [3.63, 3.8) is 0 Å². The van der Waals surface area contributed by atoms with Crippen LogP contribution in [0.2, 0.25) is 0 Å². The van der Waals surface area contributed by atoms with E-state index in [-0.39, 0.29) is 0 Å². The molecule has 2 rings (SSSR count). The van der Waals surface area contributed by atoms with Crippen LogP contribution >= 0.6 is 0 Å². The van der Waals surface area contributed by atoms with Crippen LogP contribution in [0.25, 0.3) is 0 Å². The highest BCUT2D eigenvalue weighted by atomic mass is 16.4. The van der Waals surface area contributed by atoms with Crippen molar-refractivity contribution >= 4 is 5.97 Å². The Morgan fingerprint density at radius 2 is 2.16 bits per heavy atom. The van der Waals surface area contributed by atoms with Crippen LogP contribution in [0.3, 0.4) is 0 Å². The van der Waals surface area contributed by atoms with Gasteiger partial charge in [0.05, 0.1) is 5.41 Å². The molecule has 0 spiro atoms. The van der Waals surface area contributed by atoms with Crippen LogP contribution in [0, 0.1) is 23.2 Å². The standard InChI is InChI=1S/C16H29NO2/c1-12(2)14-6-8-17(10-14)11-16(15(18)19)7-4-5-13(3)9-16/h12-14H,4-11H2,1-3H3,(H,18,19). The van der Waals surface area contributed by atoms with Gasteiger partial charge in [0.15, 0.2) is 0 Å². The molecule has 2 aliphatic rings. The van der Waals surface area contributed by atoms with Gasteiger partial charge in [0.1, 0.15) is 0 Å². The van der Waals surface area contributed by atoms with Crippen LogP contribution in [-0.4, -0.2) is 35.6 Å². The summed E-state index contributed by atoms with van der Waals surface area (Å²) in [6.07, 6.45) is 5.25. The molecule has 0 aromatic carbocycles. The first-order valence-electron chi connectivity index (χ1n) is 7.89. The second-order valence-corrected chi connectivity index (χ2v) is 7.31. The molecule has 1 saturated heterocycles. The van der Waals surface area contributed by atoms with E-state index in [0.717, 1.165) is 50.7 Å². The molecular weight excluding hydrogens is 238 g/mol. The van der Waals surface area contributed by atoms with Crippen molar-refractivity contribution in [2.24, 2.45) is 23.2 Å². The first kappa shape index (κ1) is 14.8. The quantitative estimate of drug-likeness (QED) is 0.850. The van der Waals surface area contributed by atoms with Crippen molar-refractivity contribution in [2.75, 3.05) is 19.6 Å². The Morgan fingerprint density at radius 3 is 2.68 bits per heavy atom. The summed E-state index contributed by atoms with van der Waals surface area (Å²) in [7, 11) is 0. The highest BCUT2D eigenvalue weighted by molar-refractivity contribution is 5.75. The summed E-state index contributed by atoms with van der Waals surface area (Å²) < 4.78 is 0. The van der Waals surface area contributed by atoms with E-state index in [2.05, 4.69) is 25.7 Å². The minimum Gasteiger partial charge on any atom is -0.481 e. The first-order chi connectivity index (χ1) is 8.93.